The molecule has 1 N–H and O–H groups in total. The van der Waals surface area contributed by atoms with Gasteiger partial charge in [-0.1, -0.05) is 5.16 Å². The summed E-state index contributed by atoms with van der Waals surface area (Å²) in [6, 6.07) is 9.94. The molecule has 20 heavy (non-hydrogen) atoms. The Hall–Kier alpha value is -2.69. The highest BCUT2D eigenvalue weighted by atomic mass is 19.1. The van der Waals surface area contributed by atoms with Crippen LogP contribution in [0.1, 0.15) is 11.3 Å². The number of aryl methyl sites for hydroxylation is 1. The van der Waals surface area contributed by atoms with Gasteiger partial charge in [-0.3, -0.25) is 4.40 Å². The first kappa shape index (κ1) is 12.3. The monoisotopic (exact) mass is 269 g/mol. The minimum absolute atomic E-state index is 0.300. The van der Waals surface area contributed by atoms with E-state index in [0.717, 1.165) is 16.8 Å². The van der Waals surface area contributed by atoms with Crippen LogP contribution in [0.15, 0.2) is 47.8 Å². The first-order valence-corrected chi connectivity index (χ1v) is 6.11. The van der Waals surface area contributed by atoms with E-state index in [-0.39, 0.29) is 5.82 Å². The smallest absolute Gasteiger partial charge is 0.138 e. The molecule has 2 heterocycles. The summed E-state index contributed by atoms with van der Waals surface area (Å²) in [5, 5.41) is 11.9. The van der Waals surface area contributed by atoms with Crippen molar-refractivity contribution >= 4 is 11.9 Å². The Kier molecular flexibility index (Phi) is 2.95. The lowest BCUT2D eigenvalue weighted by Gasteiger charge is -2.00. The summed E-state index contributed by atoms with van der Waals surface area (Å²) in [6.45, 7) is 1.98. The molecule has 0 atom stereocenters. The molecule has 0 amide bonds. The lowest BCUT2D eigenvalue weighted by atomic mass is 10.1. The second-order valence-electron chi connectivity index (χ2n) is 4.53. The molecule has 0 radical (unpaired) electrons. The molecular weight excluding hydrogens is 257 g/mol. The number of fused-ring (bicyclic) bond motifs is 1. The van der Waals surface area contributed by atoms with E-state index >= 15 is 0 Å². The molecule has 4 nitrogen and oxygen atoms in total. The van der Waals surface area contributed by atoms with Gasteiger partial charge in [0.1, 0.15) is 11.5 Å². The van der Waals surface area contributed by atoms with Gasteiger partial charge in [0.15, 0.2) is 0 Å². The fraction of sp³-hybridized carbons (Fsp3) is 0.0667. The fourth-order valence-corrected chi connectivity index (χ4v) is 2.16. The average Bonchev–Trinajstić information content (AvgIpc) is 2.78. The summed E-state index contributed by atoms with van der Waals surface area (Å²) in [7, 11) is 0. The Labute approximate surface area is 114 Å². The summed E-state index contributed by atoms with van der Waals surface area (Å²) in [4.78, 5) is 4.53. The standard InChI is InChI=1S/C15H12FN3O/c1-10-6-7-19-13(9-17-20)15(18-14(19)8-10)11-2-4-12(16)5-3-11/h2-9,20H,1H3. The van der Waals surface area contributed by atoms with Crippen molar-refractivity contribution in [2.24, 2.45) is 5.16 Å². The topological polar surface area (TPSA) is 49.9 Å². The van der Waals surface area contributed by atoms with Gasteiger partial charge in [0.25, 0.3) is 0 Å². The summed E-state index contributed by atoms with van der Waals surface area (Å²) < 4.78 is 14.8. The predicted octanol–water partition coefficient (Wildman–Crippen LogP) is 3.26. The molecule has 0 saturated heterocycles. The van der Waals surface area contributed by atoms with Crippen LogP contribution in [0, 0.1) is 12.7 Å². The van der Waals surface area contributed by atoms with Crippen molar-refractivity contribution in [1.82, 2.24) is 9.38 Å². The number of oxime groups is 1. The highest BCUT2D eigenvalue weighted by Gasteiger charge is 2.12. The molecule has 0 unspecified atom stereocenters. The number of halogens is 1. The zero-order valence-corrected chi connectivity index (χ0v) is 10.8. The van der Waals surface area contributed by atoms with E-state index in [1.165, 1.54) is 18.3 Å². The van der Waals surface area contributed by atoms with Crippen LogP contribution in [-0.4, -0.2) is 20.8 Å². The second kappa shape index (κ2) is 4.77. The molecule has 0 bridgehead atoms. The van der Waals surface area contributed by atoms with Crippen LogP contribution in [0.5, 0.6) is 0 Å². The van der Waals surface area contributed by atoms with Crippen LogP contribution in [0.25, 0.3) is 16.9 Å². The largest absolute Gasteiger partial charge is 0.411 e. The van der Waals surface area contributed by atoms with Gasteiger partial charge in [0, 0.05) is 11.8 Å². The van der Waals surface area contributed by atoms with Gasteiger partial charge in [0.05, 0.1) is 17.6 Å². The molecule has 0 fully saturated rings. The van der Waals surface area contributed by atoms with Crippen molar-refractivity contribution < 1.29 is 9.60 Å². The average molecular weight is 269 g/mol. The normalized spacial score (nSPS) is 11.5. The predicted molar refractivity (Wildman–Crippen MR) is 74.7 cm³/mol. The Morgan fingerprint density at radius 1 is 1.25 bits per heavy atom. The number of hydrogen-bond acceptors (Lipinski definition) is 3. The Bertz CT molecular complexity index is 791. The first-order valence-electron chi connectivity index (χ1n) is 6.11. The van der Waals surface area contributed by atoms with Crippen LogP contribution < -0.4 is 0 Å². The van der Waals surface area contributed by atoms with Gasteiger partial charge in [0.2, 0.25) is 0 Å². The Morgan fingerprint density at radius 3 is 2.70 bits per heavy atom. The van der Waals surface area contributed by atoms with Crippen molar-refractivity contribution in [1.29, 1.82) is 0 Å². The number of benzene rings is 1. The van der Waals surface area contributed by atoms with Crippen molar-refractivity contribution in [2.45, 2.75) is 6.92 Å². The van der Waals surface area contributed by atoms with Crippen molar-refractivity contribution in [3.05, 3.63) is 59.7 Å². The number of pyridine rings is 1. The fourth-order valence-electron chi connectivity index (χ4n) is 2.16. The van der Waals surface area contributed by atoms with Gasteiger partial charge in [-0.15, -0.1) is 0 Å². The third-order valence-corrected chi connectivity index (χ3v) is 3.12. The van der Waals surface area contributed by atoms with E-state index in [2.05, 4.69) is 10.1 Å². The van der Waals surface area contributed by atoms with Gasteiger partial charge >= 0.3 is 0 Å². The van der Waals surface area contributed by atoms with Gasteiger partial charge < -0.3 is 5.21 Å². The van der Waals surface area contributed by atoms with E-state index in [1.54, 1.807) is 12.1 Å². The zero-order chi connectivity index (χ0) is 14.1. The van der Waals surface area contributed by atoms with Crippen molar-refractivity contribution in [3.63, 3.8) is 0 Å². The molecule has 0 aliphatic rings. The Morgan fingerprint density at radius 2 is 2.00 bits per heavy atom. The van der Waals surface area contributed by atoms with Crippen molar-refractivity contribution in [2.75, 3.05) is 0 Å². The van der Waals surface area contributed by atoms with Crippen LogP contribution in [0.4, 0.5) is 4.39 Å². The molecule has 0 saturated carbocycles. The van der Waals surface area contributed by atoms with E-state index in [0.29, 0.717) is 11.4 Å². The SMILES string of the molecule is Cc1ccn2c(C=NO)c(-c3ccc(F)cc3)nc2c1. The van der Waals surface area contributed by atoms with Crippen LogP contribution in [-0.2, 0) is 0 Å². The summed E-state index contributed by atoms with van der Waals surface area (Å²) >= 11 is 0. The highest BCUT2D eigenvalue weighted by molar-refractivity contribution is 5.88. The Balaban J connectivity index is 2.28. The van der Waals surface area contributed by atoms with Crippen LogP contribution >= 0.6 is 0 Å². The van der Waals surface area contributed by atoms with E-state index in [1.807, 2.05) is 29.7 Å². The lowest BCUT2D eigenvalue weighted by molar-refractivity contribution is 0.321. The maximum atomic E-state index is 13.0. The summed E-state index contributed by atoms with van der Waals surface area (Å²) in [5.74, 6) is -0.300. The van der Waals surface area contributed by atoms with E-state index < -0.39 is 0 Å². The van der Waals surface area contributed by atoms with E-state index in [4.69, 9.17) is 5.21 Å². The molecule has 100 valence electrons. The van der Waals surface area contributed by atoms with Crippen LogP contribution in [0.3, 0.4) is 0 Å². The number of hydrogen-bond donors (Lipinski definition) is 1. The minimum Gasteiger partial charge on any atom is -0.411 e. The van der Waals surface area contributed by atoms with Crippen molar-refractivity contribution in [3.8, 4) is 11.3 Å². The highest BCUT2D eigenvalue weighted by Crippen LogP contribution is 2.24. The van der Waals surface area contributed by atoms with Gasteiger partial charge in [-0.05, 0) is 48.9 Å². The zero-order valence-electron chi connectivity index (χ0n) is 10.8. The number of rotatable bonds is 2. The summed E-state index contributed by atoms with van der Waals surface area (Å²) in [5.41, 5.74) is 3.89. The number of nitrogens with zero attached hydrogens (tertiary/aromatic N) is 3. The third-order valence-electron chi connectivity index (χ3n) is 3.12. The second-order valence-corrected chi connectivity index (χ2v) is 4.53. The van der Waals surface area contributed by atoms with Gasteiger partial charge in [-0.25, -0.2) is 9.37 Å². The summed E-state index contributed by atoms with van der Waals surface area (Å²) in [6.07, 6.45) is 3.19. The van der Waals surface area contributed by atoms with E-state index in [9.17, 15) is 4.39 Å². The molecule has 3 rings (SSSR count). The quantitative estimate of drug-likeness (QED) is 0.441. The molecule has 0 spiro atoms. The minimum atomic E-state index is -0.300. The molecule has 0 aliphatic carbocycles. The molecule has 2 aromatic heterocycles. The number of imidazole rings is 1. The maximum Gasteiger partial charge on any atom is 0.138 e. The third kappa shape index (κ3) is 2.03. The molecule has 1 aromatic carbocycles. The lowest BCUT2D eigenvalue weighted by Crippen LogP contribution is -1.93. The number of aromatic nitrogens is 2. The molecule has 3 aromatic rings. The molecule has 5 heteroatoms. The molecular formula is C15H12FN3O. The first-order chi connectivity index (χ1) is 9.69. The maximum absolute atomic E-state index is 13.0. The van der Waals surface area contributed by atoms with Gasteiger partial charge in [-0.2, -0.15) is 0 Å². The molecule has 0 aliphatic heterocycles. The van der Waals surface area contributed by atoms with Crippen LogP contribution in [0.2, 0.25) is 0 Å².